The van der Waals surface area contributed by atoms with Crippen LogP contribution < -0.4 is 4.74 Å². The second-order valence-corrected chi connectivity index (χ2v) is 4.07. The number of carbonyl (C=O) groups is 1. The maximum absolute atomic E-state index is 13.8. The van der Waals surface area contributed by atoms with E-state index in [1.807, 2.05) is 0 Å². The van der Waals surface area contributed by atoms with E-state index in [0.717, 1.165) is 0 Å². The van der Waals surface area contributed by atoms with Crippen LogP contribution in [0.5, 0.6) is 5.75 Å². The number of benzene rings is 1. The fraction of sp³-hybridized carbons (Fsp3) is 0.214. The normalized spacial score (nSPS) is 10.3. The number of hydrogen-bond acceptors (Lipinski definition) is 4. The number of aryl methyl sites for hydroxylation is 1. The lowest BCUT2D eigenvalue weighted by molar-refractivity contribution is 0.0696. The van der Waals surface area contributed by atoms with Crippen LogP contribution in [0.25, 0.3) is 11.3 Å². The average molecular weight is 276 g/mol. The van der Waals surface area contributed by atoms with Crippen molar-refractivity contribution in [1.29, 1.82) is 0 Å². The molecule has 0 fully saturated rings. The number of carboxylic acids is 1. The summed E-state index contributed by atoms with van der Waals surface area (Å²) in [7, 11) is 0. The topological polar surface area (TPSA) is 72.3 Å². The molecule has 1 aromatic carbocycles. The lowest BCUT2D eigenvalue weighted by atomic mass is 10.0. The summed E-state index contributed by atoms with van der Waals surface area (Å²) in [6, 6.07) is 4.23. The van der Waals surface area contributed by atoms with E-state index in [0.29, 0.717) is 17.9 Å². The third kappa shape index (κ3) is 2.59. The predicted octanol–water partition coefficient (Wildman–Crippen LogP) is 2.69. The lowest BCUT2D eigenvalue weighted by Gasteiger charge is -2.09. The monoisotopic (exact) mass is 276 g/mol. The zero-order chi connectivity index (χ0) is 14.7. The molecule has 0 aliphatic carbocycles. The van der Waals surface area contributed by atoms with Crippen molar-refractivity contribution >= 4 is 5.97 Å². The number of carboxylic acid groups (broad SMARTS) is 1. The Hall–Kier alpha value is -2.50. The summed E-state index contributed by atoms with van der Waals surface area (Å²) >= 11 is 0. The van der Waals surface area contributed by atoms with Gasteiger partial charge in [-0.3, -0.25) is 0 Å². The van der Waals surface area contributed by atoms with Crippen molar-refractivity contribution in [2.45, 2.75) is 13.8 Å². The maximum atomic E-state index is 13.8. The maximum Gasteiger partial charge on any atom is 0.339 e. The molecule has 20 heavy (non-hydrogen) atoms. The molecule has 1 N–H and O–H groups in total. The minimum absolute atomic E-state index is 0.0314. The molecule has 0 spiro atoms. The number of halogens is 1. The third-order valence-electron chi connectivity index (χ3n) is 2.76. The molecule has 0 radical (unpaired) electrons. The Morgan fingerprint density at radius 1 is 1.40 bits per heavy atom. The first-order valence-electron chi connectivity index (χ1n) is 6.02. The molecule has 0 amide bonds. The first-order chi connectivity index (χ1) is 9.54. The number of rotatable bonds is 4. The highest BCUT2D eigenvalue weighted by molar-refractivity contribution is 5.95. The zero-order valence-electron chi connectivity index (χ0n) is 11.1. The van der Waals surface area contributed by atoms with E-state index in [4.69, 9.17) is 4.74 Å². The number of ether oxygens (including phenoxy) is 1. The molecule has 6 heteroatoms. The lowest BCUT2D eigenvalue weighted by Crippen LogP contribution is -2.06. The SMILES string of the molecule is CCOc1ccc(-c2ncnc(C)c2C(=O)O)cc1F. The van der Waals surface area contributed by atoms with Crippen LogP contribution in [-0.4, -0.2) is 27.7 Å². The number of hydrogen-bond donors (Lipinski definition) is 1. The van der Waals surface area contributed by atoms with Gasteiger partial charge in [0.05, 0.1) is 18.0 Å². The second-order valence-electron chi connectivity index (χ2n) is 4.07. The number of aromatic nitrogens is 2. The molecule has 104 valence electrons. The highest BCUT2D eigenvalue weighted by Crippen LogP contribution is 2.27. The van der Waals surface area contributed by atoms with E-state index in [2.05, 4.69) is 9.97 Å². The van der Waals surface area contributed by atoms with Crippen molar-refractivity contribution in [1.82, 2.24) is 9.97 Å². The molecule has 0 aliphatic rings. The van der Waals surface area contributed by atoms with E-state index in [1.165, 1.54) is 18.5 Å². The Morgan fingerprint density at radius 3 is 2.75 bits per heavy atom. The molecule has 0 saturated heterocycles. The minimum Gasteiger partial charge on any atom is -0.491 e. The van der Waals surface area contributed by atoms with E-state index >= 15 is 0 Å². The summed E-state index contributed by atoms with van der Waals surface area (Å²) in [5.41, 5.74) is 0.855. The summed E-state index contributed by atoms with van der Waals surface area (Å²) in [5, 5.41) is 9.22. The highest BCUT2D eigenvalue weighted by atomic mass is 19.1. The standard InChI is InChI=1S/C14H13FN2O3/c1-3-20-11-5-4-9(6-10(11)15)13-12(14(18)19)8(2)16-7-17-13/h4-7H,3H2,1-2H3,(H,18,19). The van der Waals surface area contributed by atoms with Crippen LogP contribution >= 0.6 is 0 Å². The average Bonchev–Trinajstić information content (AvgIpc) is 2.40. The van der Waals surface area contributed by atoms with E-state index in [1.54, 1.807) is 19.9 Å². The summed E-state index contributed by atoms with van der Waals surface area (Å²) in [6.07, 6.45) is 1.26. The van der Waals surface area contributed by atoms with Gasteiger partial charge in [0, 0.05) is 5.56 Å². The number of aromatic carboxylic acids is 1. The highest BCUT2D eigenvalue weighted by Gasteiger charge is 2.18. The molecule has 1 heterocycles. The number of nitrogens with zero attached hydrogens (tertiary/aromatic N) is 2. The molecule has 0 bridgehead atoms. The van der Waals surface area contributed by atoms with Gasteiger partial charge in [-0.25, -0.2) is 19.2 Å². The smallest absolute Gasteiger partial charge is 0.339 e. The van der Waals surface area contributed by atoms with Crippen LogP contribution in [0.1, 0.15) is 23.0 Å². The van der Waals surface area contributed by atoms with Gasteiger partial charge < -0.3 is 9.84 Å². The zero-order valence-corrected chi connectivity index (χ0v) is 11.1. The first kappa shape index (κ1) is 13.9. The van der Waals surface area contributed by atoms with Gasteiger partial charge in [0.2, 0.25) is 0 Å². The van der Waals surface area contributed by atoms with Gasteiger partial charge in [0.25, 0.3) is 0 Å². The Kier molecular flexibility index (Phi) is 3.93. The molecule has 1 aromatic heterocycles. The van der Waals surface area contributed by atoms with Gasteiger partial charge in [0.15, 0.2) is 11.6 Å². The van der Waals surface area contributed by atoms with Crippen molar-refractivity contribution in [2.75, 3.05) is 6.61 Å². The van der Waals surface area contributed by atoms with Crippen molar-refractivity contribution in [3.05, 3.63) is 41.6 Å². The van der Waals surface area contributed by atoms with Gasteiger partial charge in [-0.1, -0.05) is 0 Å². The third-order valence-corrected chi connectivity index (χ3v) is 2.76. The van der Waals surface area contributed by atoms with Crippen LogP contribution in [0.3, 0.4) is 0 Å². The summed E-state index contributed by atoms with van der Waals surface area (Å²) < 4.78 is 18.9. The van der Waals surface area contributed by atoms with Crippen molar-refractivity contribution in [3.8, 4) is 17.0 Å². The van der Waals surface area contributed by atoms with E-state index in [-0.39, 0.29) is 17.0 Å². The fourth-order valence-electron chi connectivity index (χ4n) is 1.87. The quantitative estimate of drug-likeness (QED) is 0.929. The van der Waals surface area contributed by atoms with Gasteiger partial charge in [-0.15, -0.1) is 0 Å². The van der Waals surface area contributed by atoms with Crippen molar-refractivity contribution < 1.29 is 19.0 Å². The van der Waals surface area contributed by atoms with Gasteiger partial charge in [-0.2, -0.15) is 0 Å². The Balaban J connectivity index is 2.55. The molecular formula is C14H13FN2O3. The van der Waals surface area contributed by atoms with Crippen molar-refractivity contribution in [3.63, 3.8) is 0 Å². The summed E-state index contributed by atoms with van der Waals surface area (Å²) in [5.74, 6) is -1.58. The minimum atomic E-state index is -1.15. The van der Waals surface area contributed by atoms with E-state index < -0.39 is 11.8 Å². The van der Waals surface area contributed by atoms with E-state index in [9.17, 15) is 14.3 Å². The van der Waals surface area contributed by atoms with Crippen LogP contribution in [0.2, 0.25) is 0 Å². The molecular weight excluding hydrogens is 263 g/mol. The molecule has 0 saturated carbocycles. The molecule has 2 rings (SSSR count). The first-order valence-corrected chi connectivity index (χ1v) is 6.02. The second kappa shape index (κ2) is 5.64. The fourth-order valence-corrected chi connectivity index (χ4v) is 1.87. The van der Waals surface area contributed by atoms with Crippen LogP contribution in [0.15, 0.2) is 24.5 Å². The Labute approximate surface area is 115 Å². The largest absolute Gasteiger partial charge is 0.491 e. The summed E-state index contributed by atoms with van der Waals surface area (Å²) in [6.45, 7) is 3.67. The Bertz CT molecular complexity index is 659. The van der Waals surface area contributed by atoms with Gasteiger partial charge in [-0.05, 0) is 32.0 Å². The molecule has 0 unspecified atom stereocenters. The summed E-state index contributed by atoms with van der Waals surface area (Å²) in [4.78, 5) is 19.1. The Morgan fingerprint density at radius 2 is 2.15 bits per heavy atom. The molecule has 0 atom stereocenters. The van der Waals surface area contributed by atoms with Gasteiger partial charge >= 0.3 is 5.97 Å². The van der Waals surface area contributed by atoms with Crippen molar-refractivity contribution in [2.24, 2.45) is 0 Å². The van der Waals surface area contributed by atoms with Gasteiger partial charge in [0.1, 0.15) is 11.9 Å². The predicted molar refractivity (Wildman–Crippen MR) is 70.3 cm³/mol. The van der Waals surface area contributed by atoms with Crippen LogP contribution in [0, 0.1) is 12.7 Å². The van der Waals surface area contributed by atoms with Crippen LogP contribution in [0.4, 0.5) is 4.39 Å². The molecule has 2 aromatic rings. The molecule has 5 nitrogen and oxygen atoms in total. The molecule has 0 aliphatic heterocycles. The van der Waals surface area contributed by atoms with Crippen LogP contribution in [-0.2, 0) is 0 Å².